The van der Waals surface area contributed by atoms with Crippen LogP contribution in [0.25, 0.3) is 0 Å². The van der Waals surface area contributed by atoms with Gasteiger partial charge in [-0.2, -0.15) is 0 Å². The third-order valence-electron chi connectivity index (χ3n) is 5.45. The third-order valence-corrected chi connectivity index (χ3v) is 7.08. The number of anilines is 1. The van der Waals surface area contributed by atoms with Gasteiger partial charge in [-0.25, -0.2) is 4.98 Å². The molecular weight excluding hydrogens is 324 g/mol. The SMILES string of the molecule is CNC(=O)c1ccc(N2CCN3C4CCC(OC)CC4SC23)cn1. The van der Waals surface area contributed by atoms with Crippen LogP contribution < -0.4 is 10.2 Å². The monoisotopic (exact) mass is 348 g/mol. The van der Waals surface area contributed by atoms with E-state index in [4.69, 9.17) is 4.74 Å². The van der Waals surface area contributed by atoms with E-state index < -0.39 is 0 Å². The van der Waals surface area contributed by atoms with E-state index in [1.54, 1.807) is 7.05 Å². The fraction of sp³-hybridized carbons (Fsp3) is 0.647. The normalized spacial score (nSPS) is 32.5. The Morgan fingerprint density at radius 2 is 2.25 bits per heavy atom. The summed E-state index contributed by atoms with van der Waals surface area (Å²) in [7, 11) is 3.46. The fourth-order valence-electron chi connectivity index (χ4n) is 4.15. The van der Waals surface area contributed by atoms with Crippen LogP contribution in [-0.4, -0.2) is 65.9 Å². The van der Waals surface area contributed by atoms with Crippen molar-refractivity contribution in [3.8, 4) is 0 Å². The molecule has 24 heavy (non-hydrogen) atoms. The first-order valence-electron chi connectivity index (χ1n) is 8.60. The third kappa shape index (κ3) is 2.68. The highest BCUT2D eigenvalue weighted by atomic mass is 32.2. The van der Waals surface area contributed by atoms with Crippen LogP contribution in [0.2, 0.25) is 0 Å². The van der Waals surface area contributed by atoms with Crippen LogP contribution in [0.5, 0.6) is 0 Å². The fourth-order valence-corrected chi connectivity index (χ4v) is 6.06. The predicted octanol–water partition coefficient (Wildman–Crippen LogP) is 1.53. The van der Waals surface area contributed by atoms with E-state index in [0.717, 1.165) is 25.2 Å². The average Bonchev–Trinajstić information content (AvgIpc) is 3.19. The van der Waals surface area contributed by atoms with Crippen molar-refractivity contribution in [3.63, 3.8) is 0 Å². The van der Waals surface area contributed by atoms with Gasteiger partial charge in [-0.05, 0) is 31.4 Å². The summed E-state index contributed by atoms with van der Waals surface area (Å²) < 4.78 is 5.59. The van der Waals surface area contributed by atoms with E-state index in [2.05, 4.69) is 31.9 Å². The number of aromatic nitrogens is 1. The molecule has 1 aromatic heterocycles. The number of pyridine rings is 1. The van der Waals surface area contributed by atoms with Crippen molar-refractivity contribution in [1.82, 2.24) is 15.2 Å². The maximum absolute atomic E-state index is 11.6. The number of ether oxygens (including phenoxy) is 1. The lowest BCUT2D eigenvalue weighted by Gasteiger charge is -2.33. The molecule has 2 saturated heterocycles. The van der Waals surface area contributed by atoms with Gasteiger partial charge in [0.05, 0.1) is 18.0 Å². The minimum atomic E-state index is -0.142. The molecule has 1 aliphatic carbocycles. The van der Waals surface area contributed by atoms with Gasteiger partial charge in [0.2, 0.25) is 0 Å². The van der Waals surface area contributed by atoms with Crippen molar-refractivity contribution in [3.05, 3.63) is 24.0 Å². The second-order valence-corrected chi connectivity index (χ2v) is 7.95. The molecular formula is C17H24N4O2S. The van der Waals surface area contributed by atoms with Gasteiger partial charge in [0, 0.05) is 38.5 Å². The van der Waals surface area contributed by atoms with Crippen LogP contribution in [0, 0.1) is 0 Å². The van der Waals surface area contributed by atoms with Crippen LogP contribution in [0.4, 0.5) is 5.69 Å². The minimum Gasteiger partial charge on any atom is -0.381 e. The summed E-state index contributed by atoms with van der Waals surface area (Å²) in [5, 5.41) is 3.27. The molecule has 0 bridgehead atoms. The van der Waals surface area contributed by atoms with E-state index in [1.807, 2.05) is 25.4 Å². The second-order valence-electron chi connectivity index (χ2n) is 6.65. The number of thioether (sulfide) groups is 1. The average molecular weight is 348 g/mol. The highest BCUT2D eigenvalue weighted by Crippen LogP contribution is 2.47. The van der Waals surface area contributed by atoms with Crippen molar-refractivity contribution in [2.45, 2.75) is 42.2 Å². The Kier molecular flexibility index (Phi) is 4.40. The van der Waals surface area contributed by atoms with Crippen molar-refractivity contribution in [1.29, 1.82) is 0 Å². The second kappa shape index (κ2) is 6.54. The molecule has 1 amide bonds. The number of fused-ring (bicyclic) bond motifs is 3. The Bertz CT molecular complexity index is 611. The van der Waals surface area contributed by atoms with Crippen LogP contribution in [-0.2, 0) is 4.74 Å². The lowest BCUT2D eigenvalue weighted by atomic mass is 9.91. The number of amides is 1. The number of hydrogen-bond donors (Lipinski definition) is 1. The molecule has 4 rings (SSSR count). The summed E-state index contributed by atoms with van der Waals surface area (Å²) in [5.74, 6) is -0.142. The molecule has 6 nitrogen and oxygen atoms in total. The van der Waals surface area contributed by atoms with Gasteiger partial charge in [0.15, 0.2) is 0 Å². The van der Waals surface area contributed by atoms with Crippen LogP contribution in [0.3, 0.4) is 0 Å². The molecule has 3 fully saturated rings. The summed E-state index contributed by atoms with van der Waals surface area (Å²) in [5.41, 5.74) is 1.96. The topological polar surface area (TPSA) is 57.7 Å². The smallest absolute Gasteiger partial charge is 0.269 e. The number of nitrogens with zero attached hydrogens (tertiary/aromatic N) is 3. The van der Waals surface area contributed by atoms with Crippen LogP contribution >= 0.6 is 11.8 Å². The van der Waals surface area contributed by atoms with Gasteiger partial charge in [-0.1, -0.05) is 0 Å². The molecule has 1 saturated carbocycles. The van der Waals surface area contributed by atoms with Crippen molar-refractivity contribution in [2.24, 2.45) is 0 Å². The van der Waals surface area contributed by atoms with Crippen LogP contribution in [0.15, 0.2) is 18.3 Å². The van der Waals surface area contributed by atoms with E-state index in [-0.39, 0.29) is 5.91 Å². The number of nitrogens with one attached hydrogen (secondary N) is 1. The van der Waals surface area contributed by atoms with E-state index in [1.165, 1.54) is 12.8 Å². The Morgan fingerprint density at radius 3 is 2.96 bits per heavy atom. The van der Waals surface area contributed by atoms with E-state index in [0.29, 0.717) is 28.6 Å². The van der Waals surface area contributed by atoms with Gasteiger partial charge in [0.25, 0.3) is 5.91 Å². The minimum absolute atomic E-state index is 0.142. The first kappa shape index (κ1) is 16.2. The predicted molar refractivity (Wildman–Crippen MR) is 95.3 cm³/mol. The molecule has 7 heteroatoms. The Hall–Kier alpha value is -1.31. The largest absolute Gasteiger partial charge is 0.381 e. The molecule has 1 aromatic rings. The van der Waals surface area contributed by atoms with Crippen molar-refractivity contribution >= 4 is 23.4 Å². The lowest BCUT2D eigenvalue weighted by Crippen LogP contribution is -2.42. The van der Waals surface area contributed by atoms with Gasteiger partial charge in [0.1, 0.15) is 11.2 Å². The van der Waals surface area contributed by atoms with E-state index in [9.17, 15) is 4.79 Å². The Labute approximate surface area is 146 Å². The zero-order valence-electron chi connectivity index (χ0n) is 14.1. The highest BCUT2D eigenvalue weighted by Gasteiger charge is 2.49. The molecule has 3 heterocycles. The first-order chi connectivity index (χ1) is 11.7. The number of methoxy groups -OCH3 is 1. The number of carbonyl (C=O) groups excluding carboxylic acids is 1. The maximum Gasteiger partial charge on any atom is 0.269 e. The first-order valence-corrected chi connectivity index (χ1v) is 9.54. The van der Waals surface area contributed by atoms with Crippen molar-refractivity contribution in [2.75, 3.05) is 32.1 Å². The van der Waals surface area contributed by atoms with Gasteiger partial charge >= 0.3 is 0 Å². The van der Waals surface area contributed by atoms with Gasteiger partial charge in [-0.3, -0.25) is 9.69 Å². The summed E-state index contributed by atoms with van der Waals surface area (Å²) in [6, 6.07) is 4.50. The zero-order valence-corrected chi connectivity index (χ0v) is 15.0. The molecule has 4 unspecified atom stereocenters. The summed E-state index contributed by atoms with van der Waals surface area (Å²) in [6.45, 7) is 2.13. The molecule has 130 valence electrons. The highest BCUT2D eigenvalue weighted by molar-refractivity contribution is 8.00. The van der Waals surface area contributed by atoms with Gasteiger partial charge < -0.3 is 15.0 Å². The molecule has 0 radical (unpaired) electrons. The molecule has 0 spiro atoms. The van der Waals surface area contributed by atoms with E-state index >= 15 is 0 Å². The zero-order chi connectivity index (χ0) is 16.7. The van der Waals surface area contributed by atoms with Gasteiger partial charge in [-0.15, -0.1) is 11.8 Å². The summed E-state index contributed by atoms with van der Waals surface area (Å²) in [4.78, 5) is 21.0. The number of rotatable bonds is 3. The number of carbonyl (C=O) groups is 1. The summed E-state index contributed by atoms with van der Waals surface area (Å²) in [6.07, 6.45) is 5.80. The molecule has 4 atom stereocenters. The molecule has 3 aliphatic rings. The van der Waals surface area contributed by atoms with Crippen LogP contribution in [0.1, 0.15) is 29.8 Å². The number of hydrogen-bond acceptors (Lipinski definition) is 6. The molecule has 0 aromatic carbocycles. The summed E-state index contributed by atoms with van der Waals surface area (Å²) >= 11 is 2.07. The standard InChI is InChI=1S/C17H24N4O2S/c1-18-16(22)13-5-3-11(10-19-13)20-7-8-21-14-6-4-12(23-2)9-15(14)24-17(20)21/h3,5,10,12,14-15,17H,4,6-9H2,1-2H3,(H,18,22). The lowest BCUT2D eigenvalue weighted by molar-refractivity contribution is 0.0511. The quantitative estimate of drug-likeness (QED) is 0.894. The Balaban J connectivity index is 1.49. The molecule has 2 aliphatic heterocycles. The maximum atomic E-state index is 11.6. The Morgan fingerprint density at radius 1 is 1.38 bits per heavy atom. The molecule has 1 N–H and O–H groups in total. The van der Waals surface area contributed by atoms with Crippen molar-refractivity contribution < 1.29 is 9.53 Å².